The molecule has 0 aromatic heterocycles. The molecule has 0 unspecified atom stereocenters. The summed E-state index contributed by atoms with van der Waals surface area (Å²) in [5.41, 5.74) is 5.16. The molecule has 0 bridgehead atoms. The van der Waals surface area contributed by atoms with Crippen LogP contribution in [0.2, 0.25) is 0 Å². The van der Waals surface area contributed by atoms with Gasteiger partial charge < -0.3 is 0 Å². The molecule has 0 fully saturated rings. The summed E-state index contributed by atoms with van der Waals surface area (Å²) in [6.07, 6.45) is 2.22. The average molecular weight is 287 g/mol. The molecule has 2 rings (SSSR count). The second kappa shape index (κ2) is 5.42. The number of benzene rings is 1. The van der Waals surface area contributed by atoms with Gasteiger partial charge in [-0.3, -0.25) is 0 Å². The van der Waals surface area contributed by atoms with Crippen LogP contribution in [0.4, 0.5) is 0 Å². The molecule has 0 spiro atoms. The normalized spacial score (nSPS) is 15.2. The molecule has 0 aliphatic carbocycles. The average Bonchev–Trinajstić information content (AvgIpc) is 2.32. The van der Waals surface area contributed by atoms with Gasteiger partial charge in [-0.05, 0) is 0 Å². The van der Waals surface area contributed by atoms with E-state index in [1.54, 1.807) is 0 Å². The predicted octanol–water partition coefficient (Wildman–Crippen LogP) is 2.52. The largest absolute Gasteiger partial charge is 0 e. The molecular formula is C13H15NV2. The summed E-state index contributed by atoms with van der Waals surface area (Å²) in [5, 5.41) is 0. The van der Waals surface area contributed by atoms with Crippen molar-refractivity contribution in [1.29, 1.82) is 0 Å². The van der Waals surface area contributed by atoms with Crippen LogP contribution in [0.5, 0.6) is 0 Å². The quantitative estimate of drug-likeness (QED) is 0.708. The van der Waals surface area contributed by atoms with Crippen LogP contribution in [0.1, 0.15) is 23.1 Å². The Morgan fingerprint density at radius 2 is 2.00 bits per heavy atom. The third-order valence-electron chi connectivity index (χ3n) is 2.98. The summed E-state index contributed by atoms with van der Waals surface area (Å²) in [5.74, 6) is 0. The van der Waals surface area contributed by atoms with E-state index in [9.17, 15) is 0 Å². The van der Waals surface area contributed by atoms with Crippen molar-refractivity contribution in [2.75, 3.05) is 7.05 Å². The molecule has 1 aliphatic rings. The van der Waals surface area contributed by atoms with E-state index < -0.39 is 0 Å². The van der Waals surface area contributed by atoms with Gasteiger partial charge in [0, 0.05) is 18.6 Å². The molecular weight excluding hydrogens is 272 g/mol. The Morgan fingerprint density at radius 3 is 2.69 bits per heavy atom. The van der Waals surface area contributed by atoms with Gasteiger partial charge in [-0.1, -0.05) is 0 Å². The monoisotopic (exact) mass is 287 g/mol. The maximum Gasteiger partial charge on any atom is 0 e. The predicted molar refractivity (Wildman–Crippen MR) is 61.3 cm³/mol. The number of hydrogen-bond donors (Lipinski definition) is 0. The van der Waals surface area contributed by atoms with E-state index in [1.807, 2.05) is 0 Å². The number of fused-ring (bicyclic) bond motifs is 1. The first-order chi connectivity index (χ1) is 7.09. The molecule has 1 radical (unpaired) electrons. The molecule has 0 saturated carbocycles. The van der Waals surface area contributed by atoms with Crippen LogP contribution in [0.25, 0.3) is 5.70 Å². The third kappa shape index (κ3) is 2.55. The van der Waals surface area contributed by atoms with Crippen molar-refractivity contribution in [3.63, 3.8) is 0 Å². The first kappa shape index (κ1) is 13.9. The Kier molecular flexibility index (Phi) is 4.70. The molecule has 0 atom stereocenters. The fourth-order valence-corrected chi connectivity index (χ4v) is 2.32. The molecule has 0 saturated heterocycles. The minimum absolute atomic E-state index is 0. The van der Waals surface area contributed by atoms with Crippen molar-refractivity contribution in [3.8, 4) is 0 Å². The first-order valence-electron chi connectivity index (χ1n) is 5.17. The topological polar surface area (TPSA) is 3.24 Å². The maximum atomic E-state index is 4.17. The van der Waals surface area contributed by atoms with Crippen LogP contribution < -0.4 is 0 Å². The van der Waals surface area contributed by atoms with Gasteiger partial charge in [-0.15, -0.1) is 0 Å². The molecule has 3 heteroatoms. The summed E-state index contributed by atoms with van der Waals surface area (Å²) in [6, 6.07) is 6.63. The zero-order valence-electron chi connectivity index (χ0n) is 9.70. The standard InChI is InChI=1S/C13H15N.2V/c1-10-6-7-13-11(2)14(3)8-4-5-12(13)9-10;;/h6-7,9H,2,4-5H2,1,3H3;;. The van der Waals surface area contributed by atoms with Gasteiger partial charge in [0.25, 0.3) is 0 Å². The molecule has 1 aromatic rings. The van der Waals surface area contributed by atoms with Crippen molar-refractivity contribution < 1.29 is 35.5 Å². The summed E-state index contributed by atoms with van der Waals surface area (Å²) in [7, 11) is 2.09. The van der Waals surface area contributed by atoms with E-state index in [0.29, 0.717) is 0 Å². The maximum absolute atomic E-state index is 4.17. The van der Waals surface area contributed by atoms with Gasteiger partial charge in [-0.2, -0.15) is 0 Å². The minimum Gasteiger partial charge on any atom is 0 e. The Morgan fingerprint density at radius 1 is 1.31 bits per heavy atom. The molecule has 0 N–H and O–H groups in total. The van der Waals surface area contributed by atoms with E-state index in [4.69, 9.17) is 0 Å². The fraction of sp³-hybridized carbons (Fsp3) is 0.308. The van der Waals surface area contributed by atoms with E-state index >= 15 is 0 Å². The molecule has 16 heavy (non-hydrogen) atoms. The van der Waals surface area contributed by atoms with E-state index in [1.165, 1.54) is 21.0 Å². The SMILES string of the molecule is C=C1c2ccc(C)cc2CC[C](=[V])N1C.[V]. The van der Waals surface area contributed by atoms with Gasteiger partial charge >= 0.3 is 100 Å². The van der Waals surface area contributed by atoms with E-state index in [-0.39, 0.29) is 18.6 Å². The van der Waals surface area contributed by atoms with Gasteiger partial charge in [-0.25, -0.2) is 0 Å². The van der Waals surface area contributed by atoms with Gasteiger partial charge in [0.05, 0.1) is 0 Å². The van der Waals surface area contributed by atoms with Crippen molar-refractivity contribution in [2.24, 2.45) is 0 Å². The van der Waals surface area contributed by atoms with Crippen LogP contribution in [0.3, 0.4) is 0 Å². The zero-order valence-corrected chi connectivity index (χ0v) is 12.5. The number of nitrogens with zero attached hydrogens (tertiary/aromatic N) is 1. The molecule has 82 valence electrons. The van der Waals surface area contributed by atoms with Gasteiger partial charge in [0.1, 0.15) is 0 Å². The van der Waals surface area contributed by atoms with E-state index in [2.05, 4.69) is 60.6 Å². The molecule has 1 nitrogen and oxygen atoms in total. The molecule has 1 aromatic carbocycles. The third-order valence-corrected chi connectivity index (χ3v) is 3.80. The van der Waals surface area contributed by atoms with Crippen molar-refractivity contribution in [2.45, 2.75) is 19.8 Å². The number of hydrogen-bond acceptors (Lipinski definition) is 1. The van der Waals surface area contributed by atoms with Crippen LogP contribution in [0, 0.1) is 6.92 Å². The Balaban J connectivity index is 0.00000128. The van der Waals surface area contributed by atoms with E-state index in [0.717, 1.165) is 18.5 Å². The number of aryl methyl sites for hydroxylation is 2. The van der Waals surface area contributed by atoms with Crippen molar-refractivity contribution in [1.82, 2.24) is 4.90 Å². The second-order valence-electron chi connectivity index (χ2n) is 4.08. The number of rotatable bonds is 0. The summed E-state index contributed by atoms with van der Waals surface area (Å²) >= 11 is 2.66. The molecule has 0 amide bonds. The Bertz CT molecular complexity index is 438. The Labute approximate surface area is 118 Å². The summed E-state index contributed by atoms with van der Waals surface area (Å²) < 4.78 is 1.33. The van der Waals surface area contributed by atoms with Crippen LogP contribution in [0.15, 0.2) is 24.8 Å². The zero-order chi connectivity index (χ0) is 11.0. The summed E-state index contributed by atoms with van der Waals surface area (Å²) in [6.45, 7) is 6.31. The van der Waals surface area contributed by atoms with Gasteiger partial charge in [0.2, 0.25) is 0 Å². The minimum atomic E-state index is 0. The Hall–Kier alpha value is -0.201. The molecule has 1 aliphatic heterocycles. The van der Waals surface area contributed by atoms with Gasteiger partial charge in [0.15, 0.2) is 0 Å². The smallest absolute Gasteiger partial charge is 0 e. The fourth-order valence-electron chi connectivity index (χ4n) is 1.96. The van der Waals surface area contributed by atoms with Crippen molar-refractivity contribution in [3.05, 3.63) is 41.5 Å². The summed E-state index contributed by atoms with van der Waals surface area (Å²) in [4.78, 5) is 2.18. The van der Waals surface area contributed by atoms with Crippen LogP contribution in [-0.4, -0.2) is 16.3 Å². The van der Waals surface area contributed by atoms with Crippen LogP contribution >= 0.6 is 0 Å². The van der Waals surface area contributed by atoms with Crippen molar-refractivity contribution >= 4 is 10.0 Å². The second-order valence-corrected chi connectivity index (χ2v) is 4.89. The molecule has 1 heterocycles. The van der Waals surface area contributed by atoms with Crippen LogP contribution in [-0.2, 0) is 42.0 Å². The first-order valence-corrected chi connectivity index (χ1v) is 5.87.